The Balaban J connectivity index is 1.63. The number of hydrogen-bond donors (Lipinski definition) is 0. The zero-order valence-corrected chi connectivity index (χ0v) is 18.2. The fraction of sp³-hybridized carbons (Fsp3) is 0.500. The summed E-state index contributed by atoms with van der Waals surface area (Å²) in [7, 11) is 0. The van der Waals surface area contributed by atoms with Gasteiger partial charge in [-0.25, -0.2) is 0 Å². The van der Waals surface area contributed by atoms with E-state index < -0.39 is 17.9 Å². The average Bonchev–Trinajstić information content (AvgIpc) is 2.96. The van der Waals surface area contributed by atoms with Gasteiger partial charge in [-0.3, -0.25) is 14.4 Å². The largest absolute Gasteiger partial charge is 0.436 e. The third-order valence-corrected chi connectivity index (χ3v) is 6.19. The molecule has 158 valence electrons. The first-order valence-electron chi connectivity index (χ1n) is 9.46. The Morgan fingerprint density at radius 3 is 2.41 bits per heavy atom. The number of amides is 1. The van der Waals surface area contributed by atoms with Gasteiger partial charge in [-0.1, -0.05) is 29.8 Å². The highest BCUT2D eigenvalue weighted by Gasteiger charge is 2.39. The summed E-state index contributed by atoms with van der Waals surface area (Å²) in [5.74, 6) is -0.216. The molecule has 1 aliphatic heterocycles. The van der Waals surface area contributed by atoms with Gasteiger partial charge in [-0.2, -0.15) is 18.3 Å². The van der Waals surface area contributed by atoms with E-state index in [0.29, 0.717) is 13.1 Å². The number of hydrogen-bond acceptors (Lipinski definition) is 3. The Morgan fingerprint density at radius 2 is 1.86 bits per heavy atom. The predicted molar refractivity (Wildman–Crippen MR) is 107 cm³/mol. The van der Waals surface area contributed by atoms with Gasteiger partial charge in [0, 0.05) is 32.7 Å². The van der Waals surface area contributed by atoms with E-state index in [1.807, 2.05) is 6.07 Å². The van der Waals surface area contributed by atoms with Crippen molar-refractivity contribution in [2.75, 3.05) is 26.2 Å². The second-order valence-electron chi connectivity index (χ2n) is 7.46. The molecule has 0 radical (unpaired) electrons. The first-order chi connectivity index (χ1) is 13.6. The molecule has 1 fully saturated rings. The number of alkyl halides is 3. The molecule has 0 N–H and O–H groups in total. The van der Waals surface area contributed by atoms with Crippen LogP contribution in [-0.2, 0) is 17.5 Å². The van der Waals surface area contributed by atoms with Gasteiger partial charge in [0.15, 0.2) is 5.69 Å². The van der Waals surface area contributed by atoms with Gasteiger partial charge in [0.25, 0.3) is 0 Å². The van der Waals surface area contributed by atoms with Crippen molar-refractivity contribution < 1.29 is 18.0 Å². The summed E-state index contributed by atoms with van der Waals surface area (Å²) in [6.07, 6.45) is -4.57. The minimum atomic E-state index is -4.57. The Bertz CT molecular complexity index is 888. The number of aryl methyl sites for hydroxylation is 1. The van der Waals surface area contributed by atoms with E-state index in [0.717, 1.165) is 24.3 Å². The third kappa shape index (κ3) is 4.83. The second kappa shape index (κ2) is 8.47. The molecule has 1 unspecified atom stereocenters. The van der Waals surface area contributed by atoms with Crippen molar-refractivity contribution >= 4 is 21.8 Å². The van der Waals surface area contributed by atoms with Crippen molar-refractivity contribution in [3.63, 3.8) is 0 Å². The Labute approximate surface area is 176 Å². The van der Waals surface area contributed by atoms with Crippen LogP contribution in [0, 0.1) is 13.8 Å². The summed E-state index contributed by atoms with van der Waals surface area (Å²) in [5, 5.41) is 3.66. The van der Waals surface area contributed by atoms with Gasteiger partial charge < -0.3 is 4.90 Å². The maximum Gasteiger partial charge on any atom is 0.436 e. The van der Waals surface area contributed by atoms with E-state index >= 15 is 0 Å². The number of aromatic nitrogens is 2. The normalized spacial score (nSPS) is 16.9. The molecule has 0 aliphatic carbocycles. The number of rotatable bonds is 4. The molecule has 2 heterocycles. The van der Waals surface area contributed by atoms with E-state index in [1.165, 1.54) is 18.1 Å². The van der Waals surface area contributed by atoms with Crippen molar-refractivity contribution in [1.29, 1.82) is 0 Å². The fourth-order valence-electron chi connectivity index (χ4n) is 3.62. The SMILES string of the molecule is Cc1cccc(CN2CCN(C(=O)C(C)n3nc(C(F)(F)F)c(Br)c3C)CC2)c1. The summed E-state index contributed by atoms with van der Waals surface area (Å²) in [6, 6.07) is 7.53. The lowest BCUT2D eigenvalue weighted by Gasteiger charge is -2.36. The number of carbonyl (C=O) groups excluding carboxylic acids is 1. The van der Waals surface area contributed by atoms with Crippen LogP contribution in [0.25, 0.3) is 0 Å². The first kappa shape index (κ1) is 21.8. The Hall–Kier alpha value is -1.87. The maximum atomic E-state index is 13.1. The van der Waals surface area contributed by atoms with Crippen molar-refractivity contribution in [2.45, 2.75) is 39.5 Å². The molecule has 1 amide bonds. The molecule has 5 nitrogen and oxygen atoms in total. The van der Waals surface area contributed by atoms with Crippen LogP contribution in [0.1, 0.15) is 35.5 Å². The number of benzene rings is 1. The molecule has 0 bridgehead atoms. The minimum Gasteiger partial charge on any atom is -0.338 e. The molecule has 1 atom stereocenters. The van der Waals surface area contributed by atoms with Crippen LogP contribution in [0.15, 0.2) is 28.7 Å². The molecule has 1 aromatic heterocycles. The quantitative estimate of drug-likeness (QED) is 0.669. The van der Waals surface area contributed by atoms with E-state index in [4.69, 9.17) is 0 Å². The highest BCUT2D eigenvalue weighted by molar-refractivity contribution is 9.10. The first-order valence-corrected chi connectivity index (χ1v) is 10.3. The zero-order chi connectivity index (χ0) is 21.3. The van der Waals surface area contributed by atoms with Crippen LogP contribution in [0.3, 0.4) is 0 Å². The molecular weight excluding hydrogens is 449 g/mol. The lowest BCUT2D eigenvalue weighted by Crippen LogP contribution is -2.50. The maximum absolute atomic E-state index is 13.1. The lowest BCUT2D eigenvalue weighted by molar-refractivity contribution is -0.143. The van der Waals surface area contributed by atoms with Crippen LogP contribution in [0.5, 0.6) is 0 Å². The zero-order valence-electron chi connectivity index (χ0n) is 16.6. The van der Waals surface area contributed by atoms with Crippen LogP contribution in [0.4, 0.5) is 13.2 Å². The molecule has 1 aromatic carbocycles. The lowest BCUT2D eigenvalue weighted by atomic mass is 10.1. The predicted octanol–water partition coefficient (Wildman–Crippen LogP) is 4.19. The van der Waals surface area contributed by atoms with Gasteiger partial charge >= 0.3 is 6.18 Å². The van der Waals surface area contributed by atoms with Crippen molar-refractivity contribution in [2.24, 2.45) is 0 Å². The van der Waals surface area contributed by atoms with Gasteiger partial charge in [-0.15, -0.1) is 0 Å². The minimum absolute atomic E-state index is 0.118. The summed E-state index contributed by atoms with van der Waals surface area (Å²) >= 11 is 2.96. The van der Waals surface area contributed by atoms with E-state index in [-0.39, 0.29) is 16.1 Å². The van der Waals surface area contributed by atoms with Gasteiger partial charge in [-0.05, 0) is 42.3 Å². The molecule has 1 aliphatic rings. The van der Waals surface area contributed by atoms with E-state index in [9.17, 15) is 18.0 Å². The standard InChI is InChI=1S/C20H24BrF3N4O/c1-13-5-4-6-16(11-13)12-26-7-9-27(10-8-26)19(29)15(3)28-14(2)17(21)18(25-28)20(22,23)24/h4-6,11,15H,7-10,12H2,1-3H3. The molecule has 9 heteroatoms. The fourth-order valence-corrected chi connectivity index (χ4v) is 4.11. The molecule has 0 saturated carbocycles. The van der Waals surface area contributed by atoms with Crippen LogP contribution in [0.2, 0.25) is 0 Å². The van der Waals surface area contributed by atoms with Gasteiger partial charge in [0.2, 0.25) is 5.91 Å². The van der Waals surface area contributed by atoms with Crippen LogP contribution >= 0.6 is 15.9 Å². The highest BCUT2D eigenvalue weighted by atomic mass is 79.9. The molecule has 1 saturated heterocycles. The Morgan fingerprint density at radius 1 is 1.21 bits per heavy atom. The van der Waals surface area contributed by atoms with Crippen molar-refractivity contribution in [3.05, 3.63) is 51.3 Å². The van der Waals surface area contributed by atoms with E-state index in [2.05, 4.69) is 51.1 Å². The average molecular weight is 473 g/mol. The second-order valence-corrected chi connectivity index (χ2v) is 8.25. The van der Waals surface area contributed by atoms with Crippen molar-refractivity contribution in [1.82, 2.24) is 19.6 Å². The van der Waals surface area contributed by atoms with Gasteiger partial charge in [0.1, 0.15) is 6.04 Å². The molecule has 2 aromatic rings. The summed E-state index contributed by atoms with van der Waals surface area (Å²) in [6.45, 7) is 8.53. The summed E-state index contributed by atoms with van der Waals surface area (Å²) < 4.78 is 40.3. The van der Waals surface area contributed by atoms with Crippen LogP contribution in [-0.4, -0.2) is 51.7 Å². The number of piperazine rings is 1. The topological polar surface area (TPSA) is 41.4 Å². The summed E-state index contributed by atoms with van der Waals surface area (Å²) in [5.41, 5.74) is 1.73. The molecule has 0 spiro atoms. The van der Waals surface area contributed by atoms with Gasteiger partial charge in [0.05, 0.1) is 10.2 Å². The Kier molecular flexibility index (Phi) is 6.38. The number of carbonyl (C=O) groups is 1. The highest BCUT2D eigenvalue weighted by Crippen LogP contribution is 2.36. The number of halogens is 4. The third-order valence-electron chi connectivity index (χ3n) is 5.24. The molecule has 3 rings (SSSR count). The van der Waals surface area contributed by atoms with Crippen LogP contribution < -0.4 is 0 Å². The van der Waals surface area contributed by atoms with Crippen molar-refractivity contribution in [3.8, 4) is 0 Å². The molecule has 29 heavy (non-hydrogen) atoms. The molecular formula is C20H24BrF3N4O. The smallest absolute Gasteiger partial charge is 0.338 e. The summed E-state index contributed by atoms with van der Waals surface area (Å²) in [4.78, 5) is 16.9. The number of nitrogens with zero attached hydrogens (tertiary/aromatic N) is 4. The van der Waals surface area contributed by atoms with E-state index in [1.54, 1.807) is 11.8 Å². The monoisotopic (exact) mass is 472 g/mol.